The number of ether oxygens (including phenoxy) is 2. The maximum atomic E-state index is 5.93. The highest BCUT2D eigenvalue weighted by molar-refractivity contribution is 5.55. The Morgan fingerprint density at radius 3 is 2.52 bits per heavy atom. The van der Waals surface area contributed by atoms with Crippen molar-refractivity contribution in [3.8, 4) is 11.5 Å². The van der Waals surface area contributed by atoms with E-state index >= 15 is 0 Å². The lowest BCUT2D eigenvalue weighted by molar-refractivity contribution is -0.899. The van der Waals surface area contributed by atoms with Crippen molar-refractivity contribution in [3.63, 3.8) is 0 Å². The van der Waals surface area contributed by atoms with Crippen LogP contribution in [0.2, 0.25) is 0 Å². The van der Waals surface area contributed by atoms with Gasteiger partial charge in [-0.25, -0.2) is 0 Å². The highest BCUT2D eigenvalue weighted by atomic mass is 16.5. The summed E-state index contributed by atoms with van der Waals surface area (Å²) >= 11 is 0. The Morgan fingerprint density at radius 1 is 1.10 bits per heavy atom. The summed E-state index contributed by atoms with van der Waals surface area (Å²) in [5, 5.41) is 0. The van der Waals surface area contributed by atoms with Crippen LogP contribution in [0.25, 0.3) is 6.08 Å². The lowest BCUT2D eigenvalue weighted by Crippen LogP contribution is -3.12. The summed E-state index contributed by atoms with van der Waals surface area (Å²) in [5.74, 6) is 1.66. The zero-order valence-electron chi connectivity index (χ0n) is 13.4. The van der Waals surface area contributed by atoms with E-state index in [0.29, 0.717) is 0 Å². The van der Waals surface area contributed by atoms with Gasteiger partial charge < -0.3 is 14.4 Å². The third kappa shape index (κ3) is 5.09. The molecule has 0 radical (unpaired) electrons. The van der Waals surface area contributed by atoms with E-state index < -0.39 is 0 Å². The minimum absolute atomic E-state index is 0.759. The fraction of sp³-hybridized carbons (Fsp3) is 0.556. The van der Waals surface area contributed by atoms with Gasteiger partial charge in [-0.3, -0.25) is 0 Å². The molecule has 21 heavy (non-hydrogen) atoms. The molecule has 0 aromatic heterocycles. The second kappa shape index (κ2) is 8.73. The van der Waals surface area contributed by atoms with Gasteiger partial charge in [0.15, 0.2) is 11.5 Å². The van der Waals surface area contributed by atoms with Gasteiger partial charge in [0.1, 0.15) is 13.2 Å². The van der Waals surface area contributed by atoms with Crippen LogP contribution in [0.1, 0.15) is 38.2 Å². The van der Waals surface area contributed by atoms with Crippen molar-refractivity contribution in [2.45, 2.75) is 32.6 Å². The van der Waals surface area contributed by atoms with E-state index in [2.05, 4.69) is 12.1 Å². The molecule has 116 valence electrons. The Balaban J connectivity index is 1.87. The maximum Gasteiger partial charge on any atom is 0.161 e. The van der Waals surface area contributed by atoms with Gasteiger partial charge >= 0.3 is 0 Å². The Labute approximate surface area is 128 Å². The summed E-state index contributed by atoms with van der Waals surface area (Å²) < 4.78 is 11.4. The normalized spacial score (nSPS) is 16.9. The number of hydrogen-bond donors (Lipinski definition) is 1. The molecule has 0 unspecified atom stereocenters. The van der Waals surface area contributed by atoms with Gasteiger partial charge in [-0.1, -0.05) is 18.2 Å². The highest BCUT2D eigenvalue weighted by Gasteiger charge is 2.12. The number of quaternary nitrogens is 1. The standard InChI is InChI=1S/C18H27NO2/c1-3-8-16-9-10-17(18(15-16)20-2)21-14-13-19-11-6-4-5-7-12-19/h3,8-10,15H,4-7,11-14H2,1-2H3/p+1/b8-3+. The second-order valence-corrected chi connectivity index (χ2v) is 5.67. The highest BCUT2D eigenvalue weighted by Crippen LogP contribution is 2.28. The van der Waals surface area contributed by atoms with Crippen molar-refractivity contribution in [1.29, 1.82) is 0 Å². The van der Waals surface area contributed by atoms with Gasteiger partial charge in [0.25, 0.3) is 0 Å². The molecule has 1 saturated heterocycles. The van der Waals surface area contributed by atoms with E-state index in [-0.39, 0.29) is 0 Å². The topological polar surface area (TPSA) is 22.9 Å². The summed E-state index contributed by atoms with van der Waals surface area (Å²) in [6, 6.07) is 6.09. The molecule has 1 aromatic rings. The van der Waals surface area contributed by atoms with Crippen LogP contribution in [0, 0.1) is 0 Å². The second-order valence-electron chi connectivity index (χ2n) is 5.67. The van der Waals surface area contributed by atoms with Crippen LogP contribution >= 0.6 is 0 Å². The number of benzene rings is 1. The molecular formula is C18H28NO2+. The third-order valence-electron chi connectivity index (χ3n) is 4.07. The molecule has 0 saturated carbocycles. The first-order valence-corrected chi connectivity index (χ1v) is 8.10. The molecule has 2 rings (SSSR count). The molecule has 0 aliphatic carbocycles. The molecule has 3 nitrogen and oxygen atoms in total. The number of likely N-dealkylation sites (tertiary alicyclic amines) is 1. The van der Waals surface area contributed by atoms with Crippen LogP contribution in [0.4, 0.5) is 0 Å². The molecule has 1 aliphatic heterocycles. The van der Waals surface area contributed by atoms with Gasteiger partial charge in [-0.2, -0.15) is 0 Å². The number of rotatable bonds is 6. The molecule has 0 atom stereocenters. The summed E-state index contributed by atoms with van der Waals surface area (Å²) in [6.07, 6.45) is 9.59. The van der Waals surface area contributed by atoms with Gasteiger partial charge in [0, 0.05) is 0 Å². The van der Waals surface area contributed by atoms with Crippen LogP contribution in [0.5, 0.6) is 11.5 Å². The number of nitrogens with one attached hydrogen (secondary N) is 1. The minimum Gasteiger partial charge on any atom is -0.493 e. The first kappa shape index (κ1) is 15.9. The Morgan fingerprint density at radius 2 is 1.86 bits per heavy atom. The van der Waals surface area contributed by atoms with Crippen molar-refractivity contribution < 1.29 is 14.4 Å². The summed E-state index contributed by atoms with van der Waals surface area (Å²) in [6.45, 7) is 6.44. The molecule has 1 aliphatic rings. The summed E-state index contributed by atoms with van der Waals surface area (Å²) in [5.41, 5.74) is 1.14. The first-order valence-electron chi connectivity index (χ1n) is 8.10. The average Bonchev–Trinajstić information content (AvgIpc) is 2.77. The monoisotopic (exact) mass is 290 g/mol. The first-order chi connectivity index (χ1) is 10.3. The van der Waals surface area contributed by atoms with Crippen molar-refractivity contribution in [2.24, 2.45) is 0 Å². The van der Waals surface area contributed by atoms with E-state index in [1.807, 2.05) is 25.1 Å². The third-order valence-corrected chi connectivity index (χ3v) is 4.07. The van der Waals surface area contributed by atoms with E-state index in [1.165, 1.54) is 38.8 Å². The molecule has 1 N–H and O–H groups in total. The fourth-order valence-electron chi connectivity index (χ4n) is 2.88. The van der Waals surface area contributed by atoms with Crippen molar-refractivity contribution in [3.05, 3.63) is 29.8 Å². The molecule has 0 bridgehead atoms. The van der Waals surface area contributed by atoms with Crippen LogP contribution in [0.15, 0.2) is 24.3 Å². The lowest BCUT2D eigenvalue weighted by atomic mass is 10.2. The predicted molar refractivity (Wildman–Crippen MR) is 87.2 cm³/mol. The fourth-order valence-corrected chi connectivity index (χ4v) is 2.88. The van der Waals surface area contributed by atoms with E-state index in [0.717, 1.165) is 30.2 Å². The zero-order valence-corrected chi connectivity index (χ0v) is 13.4. The van der Waals surface area contributed by atoms with Gasteiger partial charge in [-0.15, -0.1) is 0 Å². The van der Waals surface area contributed by atoms with Crippen molar-refractivity contribution in [1.82, 2.24) is 0 Å². The van der Waals surface area contributed by atoms with Crippen molar-refractivity contribution >= 4 is 6.08 Å². The number of methoxy groups -OCH3 is 1. The minimum atomic E-state index is 0.759. The zero-order chi connectivity index (χ0) is 14.9. The quantitative estimate of drug-likeness (QED) is 0.870. The molecule has 1 heterocycles. The van der Waals surface area contributed by atoms with E-state index in [1.54, 1.807) is 12.0 Å². The largest absolute Gasteiger partial charge is 0.493 e. The van der Waals surface area contributed by atoms with Crippen molar-refractivity contribution in [2.75, 3.05) is 33.4 Å². The van der Waals surface area contributed by atoms with Gasteiger partial charge in [0.2, 0.25) is 0 Å². The smallest absolute Gasteiger partial charge is 0.161 e. The molecule has 1 aromatic carbocycles. The van der Waals surface area contributed by atoms with Gasteiger partial charge in [-0.05, 0) is 50.3 Å². The van der Waals surface area contributed by atoms with Crippen LogP contribution in [-0.4, -0.2) is 33.4 Å². The maximum absolute atomic E-state index is 5.93. The molecule has 3 heteroatoms. The Bertz CT molecular complexity index is 449. The predicted octanol–water partition coefficient (Wildman–Crippen LogP) is 2.57. The van der Waals surface area contributed by atoms with Crippen LogP contribution in [-0.2, 0) is 0 Å². The van der Waals surface area contributed by atoms with E-state index in [4.69, 9.17) is 9.47 Å². The molecule has 0 spiro atoms. The SMILES string of the molecule is C/C=C/c1ccc(OCC[NH+]2CCCCCC2)c(OC)c1. The van der Waals surface area contributed by atoms with Crippen LogP contribution in [0.3, 0.4) is 0 Å². The summed E-state index contributed by atoms with van der Waals surface area (Å²) in [7, 11) is 1.70. The average molecular weight is 290 g/mol. The number of allylic oxidation sites excluding steroid dienone is 1. The van der Waals surface area contributed by atoms with Gasteiger partial charge in [0.05, 0.1) is 20.2 Å². The Kier molecular flexibility index (Phi) is 6.61. The molecular weight excluding hydrogens is 262 g/mol. The van der Waals surface area contributed by atoms with E-state index in [9.17, 15) is 0 Å². The summed E-state index contributed by atoms with van der Waals surface area (Å²) in [4.78, 5) is 1.68. The molecule has 0 amide bonds. The molecule has 1 fully saturated rings. The lowest BCUT2D eigenvalue weighted by Gasteiger charge is -2.18. The Hall–Kier alpha value is -1.48. The van der Waals surface area contributed by atoms with Crippen LogP contribution < -0.4 is 14.4 Å². The number of hydrogen-bond acceptors (Lipinski definition) is 2.